The van der Waals surface area contributed by atoms with Gasteiger partial charge in [0.1, 0.15) is 0 Å². The zero-order chi connectivity index (χ0) is 20.2. The fraction of sp³-hybridized carbons (Fsp3) is 0.857. The fourth-order valence-corrected chi connectivity index (χ4v) is 4.76. The monoisotopic (exact) mass is 400 g/mol. The van der Waals surface area contributed by atoms with Gasteiger partial charge in [-0.1, -0.05) is 71.6 Å². The largest absolute Gasteiger partial charge is 0.500 e. The second kappa shape index (κ2) is 18.7. The summed E-state index contributed by atoms with van der Waals surface area (Å²) in [4.78, 5) is 3.94. The van der Waals surface area contributed by atoms with Crippen molar-refractivity contribution in [1.82, 2.24) is 9.55 Å². The Bertz CT molecular complexity index is 390. The smallest absolute Gasteiger partial charge is 0.377 e. The van der Waals surface area contributed by atoms with Crippen molar-refractivity contribution in [3.63, 3.8) is 0 Å². The molecule has 0 bridgehead atoms. The third-order valence-electron chi connectivity index (χ3n) is 4.85. The van der Waals surface area contributed by atoms with E-state index in [1.54, 1.807) is 21.3 Å². The molecule has 1 heterocycles. The minimum atomic E-state index is -2.30. The van der Waals surface area contributed by atoms with Crippen molar-refractivity contribution in [2.45, 2.75) is 97.1 Å². The van der Waals surface area contributed by atoms with Gasteiger partial charge in [0.15, 0.2) is 0 Å². The molecule has 0 aliphatic carbocycles. The van der Waals surface area contributed by atoms with Gasteiger partial charge in [0.05, 0.1) is 6.33 Å². The van der Waals surface area contributed by atoms with E-state index in [1.807, 2.05) is 18.7 Å². The molecule has 1 aromatic rings. The molecule has 0 aliphatic rings. The number of aromatic nitrogens is 2. The lowest BCUT2D eigenvalue weighted by Crippen LogP contribution is -2.42. The summed E-state index contributed by atoms with van der Waals surface area (Å²) in [5, 5.41) is 0. The van der Waals surface area contributed by atoms with Gasteiger partial charge in [-0.05, 0) is 12.8 Å². The van der Waals surface area contributed by atoms with Crippen molar-refractivity contribution in [3.8, 4) is 0 Å². The Kier molecular flexibility index (Phi) is 18.2. The van der Waals surface area contributed by atoms with E-state index in [4.69, 9.17) is 13.3 Å². The van der Waals surface area contributed by atoms with Gasteiger partial charge in [-0.2, -0.15) is 0 Å². The SMILES string of the molecule is CCCCCCCCCCC[Si](OC)(OC)OC.CCCCn1ccnc1. The molecule has 0 amide bonds. The van der Waals surface area contributed by atoms with E-state index in [0.29, 0.717) is 0 Å². The summed E-state index contributed by atoms with van der Waals surface area (Å²) in [5.41, 5.74) is 0. The quantitative estimate of drug-likeness (QED) is 0.249. The molecule has 5 nitrogen and oxygen atoms in total. The molecule has 0 saturated heterocycles. The van der Waals surface area contributed by atoms with Crippen LogP contribution < -0.4 is 0 Å². The predicted octanol–water partition coefficient (Wildman–Crippen LogP) is 6.08. The van der Waals surface area contributed by atoms with Crippen molar-refractivity contribution in [2.24, 2.45) is 0 Å². The zero-order valence-corrected chi connectivity index (χ0v) is 19.5. The summed E-state index contributed by atoms with van der Waals surface area (Å²) in [6.45, 7) is 5.56. The molecule has 0 spiro atoms. The minimum absolute atomic E-state index is 0.937. The Morgan fingerprint density at radius 1 is 0.741 bits per heavy atom. The normalized spacial score (nSPS) is 11.3. The van der Waals surface area contributed by atoms with E-state index in [2.05, 4.69) is 23.4 Å². The minimum Gasteiger partial charge on any atom is -0.377 e. The molecule has 0 aliphatic heterocycles. The van der Waals surface area contributed by atoms with Crippen LogP contribution in [0.3, 0.4) is 0 Å². The number of imidazole rings is 1. The van der Waals surface area contributed by atoms with Crippen LogP contribution in [0.25, 0.3) is 0 Å². The van der Waals surface area contributed by atoms with Gasteiger partial charge in [-0.15, -0.1) is 0 Å². The van der Waals surface area contributed by atoms with Gasteiger partial charge in [0, 0.05) is 46.3 Å². The predicted molar refractivity (Wildman–Crippen MR) is 116 cm³/mol. The summed E-state index contributed by atoms with van der Waals surface area (Å²) >= 11 is 0. The first-order valence-corrected chi connectivity index (χ1v) is 12.7. The summed E-state index contributed by atoms with van der Waals surface area (Å²) in [5.74, 6) is 0. The Hall–Kier alpha value is -0.693. The molecule has 27 heavy (non-hydrogen) atoms. The number of aryl methyl sites for hydroxylation is 1. The molecular weight excluding hydrogens is 356 g/mol. The van der Waals surface area contributed by atoms with Gasteiger partial charge >= 0.3 is 8.80 Å². The average Bonchev–Trinajstić information content (AvgIpc) is 3.23. The Labute approximate surface area is 169 Å². The van der Waals surface area contributed by atoms with E-state index in [0.717, 1.165) is 19.0 Å². The van der Waals surface area contributed by atoms with Gasteiger partial charge in [-0.25, -0.2) is 4.98 Å². The van der Waals surface area contributed by atoms with Crippen LogP contribution in [0.1, 0.15) is 84.5 Å². The van der Waals surface area contributed by atoms with Crippen molar-refractivity contribution in [3.05, 3.63) is 18.7 Å². The molecule has 0 unspecified atom stereocenters. The summed E-state index contributed by atoms with van der Waals surface area (Å²) in [7, 11) is 2.76. The number of unbranched alkanes of at least 4 members (excludes halogenated alkanes) is 9. The average molecular weight is 401 g/mol. The van der Waals surface area contributed by atoms with Crippen molar-refractivity contribution in [2.75, 3.05) is 21.3 Å². The molecule has 0 radical (unpaired) electrons. The van der Waals surface area contributed by atoms with Gasteiger partial charge in [0.25, 0.3) is 0 Å². The third-order valence-corrected chi connectivity index (χ3v) is 7.68. The zero-order valence-electron chi connectivity index (χ0n) is 18.5. The second-order valence-corrected chi connectivity index (χ2v) is 10.1. The third kappa shape index (κ3) is 14.0. The molecule has 0 atom stereocenters. The standard InChI is InChI=1S/C14H32O3Si.C7H12N2/c1-5-6-7-8-9-10-11-12-13-14-18(15-2,16-3)17-4;1-2-3-5-9-6-4-8-7-9/h5-14H2,1-4H3;4,6-7H,2-3,5H2,1H3. The Morgan fingerprint density at radius 2 is 1.26 bits per heavy atom. The lowest BCUT2D eigenvalue weighted by atomic mass is 10.1. The number of nitrogens with zero attached hydrogens (tertiary/aromatic N) is 2. The Balaban J connectivity index is 0.000000621. The van der Waals surface area contributed by atoms with E-state index in [9.17, 15) is 0 Å². The van der Waals surface area contributed by atoms with Crippen LogP contribution in [0, 0.1) is 0 Å². The van der Waals surface area contributed by atoms with Crippen molar-refractivity contribution >= 4 is 8.80 Å². The molecule has 6 heteroatoms. The maximum Gasteiger partial charge on any atom is 0.500 e. The van der Waals surface area contributed by atoms with Gasteiger partial charge in [0.2, 0.25) is 0 Å². The highest BCUT2D eigenvalue weighted by molar-refractivity contribution is 6.60. The fourth-order valence-electron chi connectivity index (χ4n) is 2.97. The van der Waals surface area contributed by atoms with E-state index in [1.165, 1.54) is 64.2 Å². The molecule has 160 valence electrons. The van der Waals surface area contributed by atoms with Crippen LogP contribution >= 0.6 is 0 Å². The number of rotatable bonds is 16. The first-order valence-electron chi connectivity index (χ1n) is 10.8. The topological polar surface area (TPSA) is 45.5 Å². The van der Waals surface area contributed by atoms with Crippen LogP contribution in [-0.4, -0.2) is 39.7 Å². The highest BCUT2D eigenvalue weighted by Crippen LogP contribution is 2.18. The van der Waals surface area contributed by atoms with Crippen molar-refractivity contribution in [1.29, 1.82) is 0 Å². The second-order valence-electron chi connectivity index (χ2n) is 7.03. The van der Waals surface area contributed by atoms with E-state index < -0.39 is 8.80 Å². The molecule has 0 aromatic carbocycles. The maximum atomic E-state index is 5.40. The molecule has 0 saturated carbocycles. The van der Waals surface area contributed by atoms with Crippen LogP contribution in [-0.2, 0) is 19.8 Å². The number of hydrogen-bond donors (Lipinski definition) is 0. The summed E-state index contributed by atoms with van der Waals surface area (Å²) in [6, 6.07) is 0.937. The van der Waals surface area contributed by atoms with Crippen LogP contribution in [0.4, 0.5) is 0 Å². The number of hydrogen-bond acceptors (Lipinski definition) is 4. The van der Waals surface area contributed by atoms with Crippen molar-refractivity contribution < 1.29 is 13.3 Å². The van der Waals surface area contributed by atoms with E-state index >= 15 is 0 Å². The highest BCUT2D eigenvalue weighted by atomic mass is 28.4. The molecular formula is C21H44N2O3Si. The molecule has 1 rings (SSSR count). The molecule has 1 aromatic heterocycles. The highest BCUT2D eigenvalue weighted by Gasteiger charge is 2.36. The molecule has 0 fully saturated rings. The first kappa shape index (κ1) is 26.3. The Morgan fingerprint density at radius 3 is 1.70 bits per heavy atom. The van der Waals surface area contributed by atoms with Gasteiger partial charge in [-0.3, -0.25) is 0 Å². The molecule has 0 N–H and O–H groups in total. The maximum absolute atomic E-state index is 5.40. The lowest BCUT2D eigenvalue weighted by molar-refractivity contribution is 0.122. The first-order chi connectivity index (χ1) is 13.2. The van der Waals surface area contributed by atoms with E-state index in [-0.39, 0.29) is 0 Å². The summed E-state index contributed by atoms with van der Waals surface area (Å²) < 4.78 is 18.3. The van der Waals surface area contributed by atoms with Crippen LogP contribution in [0.2, 0.25) is 6.04 Å². The lowest BCUT2D eigenvalue weighted by Gasteiger charge is -2.24. The van der Waals surface area contributed by atoms with Crippen LogP contribution in [0.15, 0.2) is 18.7 Å². The van der Waals surface area contributed by atoms with Gasteiger partial charge < -0.3 is 17.8 Å². The summed E-state index contributed by atoms with van der Waals surface area (Å²) in [6.07, 6.45) is 20.2. The van der Waals surface area contributed by atoms with Crippen LogP contribution in [0.5, 0.6) is 0 Å².